The molecule has 20 heavy (non-hydrogen) atoms. The predicted molar refractivity (Wildman–Crippen MR) is 83.0 cm³/mol. The largest absolute Gasteiger partial charge is 0.354 e. The third-order valence-electron chi connectivity index (χ3n) is 3.02. The van der Waals surface area contributed by atoms with Crippen LogP contribution in [-0.4, -0.2) is 43.4 Å². The zero-order valence-electron chi connectivity index (χ0n) is 12.3. The Kier molecular flexibility index (Phi) is 5.00. The lowest BCUT2D eigenvalue weighted by atomic mass is 10.4. The fourth-order valence-electron chi connectivity index (χ4n) is 1.61. The number of aryl methyl sites for hydroxylation is 1. The molecule has 0 bridgehead atoms. The fourth-order valence-corrected chi connectivity index (χ4v) is 2.44. The SMILES string of the molecule is Cc1ccc(CNC(=NCC(=O)N(C)C)NC2CC2)s1. The molecule has 1 fully saturated rings. The van der Waals surface area contributed by atoms with Gasteiger partial charge in [-0.25, -0.2) is 4.99 Å². The van der Waals surface area contributed by atoms with Crippen LogP contribution in [-0.2, 0) is 11.3 Å². The molecule has 1 aromatic rings. The highest BCUT2D eigenvalue weighted by Gasteiger charge is 2.22. The highest BCUT2D eigenvalue weighted by Crippen LogP contribution is 2.18. The average Bonchev–Trinajstić information content (AvgIpc) is 3.13. The summed E-state index contributed by atoms with van der Waals surface area (Å²) in [6.07, 6.45) is 2.36. The zero-order chi connectivity index (χ0) is 14.5. The van der Waals surface area contributed by atoms with Crippen LogP contribution in [0.3, 0.4) is 0 Å². The Morgan fingerprint density at radius 3 is 2.75 bits per heavy atom. The number of aliphatic imine (C=N–C) groups is 1. The highest BCUT2D eigenvalue weighted by molar-refractivity contribution is 7.11. The van der Waals surface area contributed by atoms with Crippen LogP contribution in [0.5, 0.6) is 0 Å². The normalized spacial score (nSPS) is 15.1. The second-order valence-corrected chi connectivity index (χ2v) is 6.61. The molecule has 1 aliphatic carbocycles. The summed E-state index contributed by atoms with van der Waals surface area (Å²) in [6, 6.07) is 4.75. The molecule has 6 heteroatoms. The Hall–Kier alpha value is -1.56. The summed E-state index contributed by atoms with van der Waals surface area (Å²) < 4.78 is 0. The van der Waals surface area contributed by atoms with Gasteiger partial charge in [-0.1, -0.05) is 0 Å². The molecule has 1 amide bonds. The van der Waals surface area contributed by atoms with E-state index in [9.17, 15) is 4.79 Å². The Morgan fingerprint density at radius 1 is 1.45 bits per heavy atom. The van der Waals surface area contributed by atoms with E-state index in [4.69, 9.17) is 0 Å². The molecule has 0 atom stereocenters. The summed E-state index contributed by atoms with van der Waals surface area (Å²) in [6.45, 7) is 3.02. The van der Waals surface area contributed by atoms with Gasteiger partial charge in [0.2, 0.25) is 5.91 Å². The number of nitrogens with zero attached hydrogens (tertiary/aromatic N) is 2. The standard InChI is InChI=1S/C14H22N4OS/c1-10-4-7-12(20-10)8-15-14(17-11-5-6-11)16-9-13(19)18(2)3/h4,7,11H,5-6,8-9H2,1-3H3,(H2,15,16,17). The predicted octanol–water partition coefficient (Wildman–Crippen LogP) is 1.34. The van der Waals surface area contributed by atoms with Gasteiger partial charge < -0.3 is 15.5 Å². The minimum Gasteiger partial charge on any atom is -0.354 e. The number of carbonyl (C=O) groups is 1. The summed E-state index contributed by atoms with van der Waals surface area (Å²) in [5.74, 6) is 0.739. The molecule has 2 N–H and O–H groups in total. The Labute approximate surface area is 124 Å². The van der Waals surface area contributed by atoms with Crippen molar-refractivity contribution in [1.82, 2.24) is 15.5 Å². The number of guanidine groups is 1. The Balaban J connectivity index is 1.88. The van der Waals surface area contributed by atoms with Gasteiger partial charge in [-0.05, 0) is 31.9 Å². The van der Waals surface area contributed by atoms with Crippen LogP contribution in [0.25, 0.3) is 0 Å². The van der Waals surface area contributed by atoms with Crippen molar-refractivity contribution >= 4 is 23.2 Å². The lowest BCUT2D eigenvalue weighted by Crippen LogP contribution is -2.39. The summed E-state index contributed by atoms with van der Waals surface area (Å²) in [5.41, 5.74) is 0. The molecule has 0 radical (unpaired) electrons. The van der Waals surface area contributed by atoms with Crippen LogP contribution >= 0.6 is 11.3 Å². The van der Waals surface area contributed by atoms with Gasteiger partial charge in [-0.3, -0.25) is 4.79 Å². The van der Waals surface area contributed by atoms with Crippen LogP contribution in [0, 0.1) is 6.92 Å². The van der Waals surface area contributed by atoms with Crippen molar-refractivity contribution in [3.05, 3.63) is 21.9 Å². The van der Waals surface area contributed by atoms with Gasteiger partial charge in [0.15, 0.2) is 5.96 Å². The molecule has 110 valence electrons. The number of thiophene rings is 1. The van der Waals surface area contributed by atoms with E-state index in [2.05, 4.69) is 34.7 Å². The molecule has 5 nitrogen and oxygen atoms in total. The highest BCUT2D eigenvalue weighted by atomic mass is 32.1. The van der Waals surface area contributed by atoms with E-state index < -0.39 is 0 Å². The molecule has 0 saturated heterocycles. The number of amides is 1. The maximum atomic E-state index is 11.6. The first-order chi connectivity index (χ1) is 9.54. The number of likely N-dealkylation sites (N-methyl/N-ethyl adjacent to an activating group) is 1. The molecule has 2 rings (SSSR count). The van der Waals surface area contributed by atoms with E-state index in [1.54, 1.807) is 30.3 Å². The second-order valence-electron chi connectivity index (χ2n) is 5.24. The number of nitrogens with one attached hydrogen (secondary N) is 2. The quantitative estimate of drug-likeness (QED) is 0.636. The molecule has 1 aliphatic rings. The van der Waals surface area contributed by atoms with Crippen molar-refractivity contribution in [3.8, 4) is 0 Å². The van der Waals surface area contributed by atoms with Crippen LogP contribution in [0.15, 0.2) is 17.1 Å². The number of hydrogen-bond donors (Lipinski definition) is 2. The summed E-state index contributed by atoms with van der Waals surface area (Å²) >= 11 is 1.77. The zero-order valence-corrected chi connectivity index (χ0v) is 13.1. The third-order valence-corrected chi connectivity index (χ3v) is 4.02. The van der Waals surface area contributed by atoms with Crippen LogP contribution < -0.4 is 10.6 Å². The minimum atomic E-state index is 0.00821. The first kappa shape index (κ1) is 14.8. The molecule has 0 aliphatic heterocycles. The molecular weight excluding hydrogens is 272 g/mol. The van der Waals surface area contributed by atoms with Gasteiger partial charge in [0.25, 0.3) is 0 Å². The van der Waals surface area contributed by atoms with Crippen LogP contribution in [0.1, 0.15) is 22.6 Å². The van der Waals surface area contributed by atoms with Gasteiger partial charge in [-0.2, -0.15) is 0 Å². The molecule has 0 aromatic carbocycles. The maximum absolute atomic E-state index is 11.6. The number of hydrogen-bond acceptors (Lipinski definition) is 3. The summed E-state index contributed by atoms with van der Waals surface area (Å²) in [4.78, 5) is 20.1. The second kappa shape index (κ2) is 6.74. The smallest absolute Gasteiger partial charge is 0.243 e. The Bertz CT molecular complexity index is 491. The summed E-state index contributed by atoms with van der Waals surface area (Å²) in [7, 11) is 3.49. The van der Waals surface area contributed by atoms with Crippen molar-refractivity contribution in [1.29, 1.82) is 0 Å². The molecule has 1 saturated carbocycles. The lowest BCUT2D eigenvalue weighted by Gasteiger charge is -2.12. The maximum Gasteiger partial charge on any atom is 0.243 e. The van der Waals surface area contributed by atoms with E-state index >= 15 is 0 Å². The summed E-state index contributed by atoms with van der Waals surface area (Å²) in [5, 5.41) is 6.63. The van der Waals surface area contributed by atoms with E-state index in [0.717, 1.165) is 12.5 Å². The monoisotopic (exact) mass is 294 g/mol. The molecule has 0 spiro atoms. The first-order valence-electron chi connectivity index (χ1n) is 6.85. The topological polar surface area (TPSA) is 56.7 Å². The Morgan fingerprint density at radius 2 is 2.20 bits per heavy atom. The van der Waals surface area contributed by atoms with Crippen molar-refractivity contribution in [3.63, 3.8) is 0 Å². The van der Waals surface area contributed by atoms with E-state index in [1.807, 2.05) is 0 Å². The van der Waals surface area contributed by atoms with Crippen molar-refractivity contribution in [2.75, 3.05) is 20.6 Å². The van der Waals surface area contributed by atoms with Crippen molar-refractivity contribution < 1.29 is 4.79 Å². The van der Waals surface area contributed by atoms with E-state index in [-0.39, 0.29) is 12.5 Å². The lowest BCUT2D eigenvalue weighted by molar-refractivity contribution is -0.127. The molecule has 1 heterocycles. The van der Waals surface area contributed by atoms with Gasteiger partial charge >= 0.3 is 0 Å². The van der Waals surface area contributed by atoms with Gasteiger partial charge in [0.05, 0.1) is 6.54 Å². The first-order valence-corrected chi connectivity index (χ1v) is 7.66. The van der Waals surface area contributed by atoms with Crippen molar-refractivity contribution in [2.45, 2.75) is 32.4 Å². The third kappa shape index (κ3) is 4.85. The number of carbonyl (C=O) groups excluding carboxylic acids is 1. The molecule has 0 unspecified atom stereocenters. The van der Waals surface area contributed by atoms with Gasteiger partial charge in [-0.15, -0.1) is 11.3 Å². The average molecular weight is 294 g/mol. The fraction of sp³-hybridized carbons (Fsp3) is 0.571. The van der Waals surface area contributed by atoms with E-state index in [0.29, 0.717) is 6.04 Å². The van der Waals surface area contributed by atoms with Gasteiger partial charge in [0.1, 0.15) is 6.54 Å². The van der Waals surface area contributed by atoms with Gasteiger partial charge in [0, 0.05) is 29.9 Å². The molecule has 1 aromatic heterocycles. The number of rotatable bonds is 5. The van der Waals surface area contributed by atoms with E-state index in [1.165, 1.54) is 22.6 Å². The van der Waals surface area contributed by atoms with Crippen molar-refractivity contribution in [2.24, 2.45) is 4.99 Å². The molecular formula is C14H22N4OS. The van der Waals surface area contributed by atoms with Crippen LogP contribution in [0.4, 0.5) is 0 Å². The van der Waals surface area contributed by atoms with Crippen LogP contribution in [0.2, 0.25) is 0 Å². The minimum absolute atomic E-state index is 0.00821.